The van der Waals surface area contributed by atoms with Crippen LogP contribution in [0.3, 0.4) is 0 Å². The Hall–Kier alpha value is -0.580. The van der Waals surface area contributed by atoms with E-state index >= 15 is 0 Å². The minimum atomic E-state index is -0.403. The first kappa shape index (κ1) is 16.5. The number of anilines is 1. The number of hydrogen-bond donors (Lipinski definition) is 1. The number of rotatable bonds is 3. The molecule has 106 valence electrons. The molecular weight excluding hydrogens is 328 g/mol. The van der Waals surface area contributed by atoms with E-state index in [1.165, 1.54) is 5.56 Å². The molecule has 0 spiro atoms. The highest BCUT2D eigenvalue weighted by atomic mass is 79.9. The van der Waals surface area contributed by atoms with Crippen molar-refractivity contribution in [3.63, 3.8) is 0 Å². The normalized spacial score (nSPS) is 16.5. The van der Waals surface area contributed by atoms with Crippen LogP contribution < -0.4 is 10.6 Å². The number of benzene rings is 1. The summed E-state index contributed by atoms with van der Waals surface area (Å²) in [7, 11) is 0. The molecule has 2 atom stereocenters. The summed E-state index contributed by atoms with van der Waals surface area (Å²) in [5, 5.41) is 0. The number of halogens is 2. The molecule has 0 saturated carbocycles. The van der Waals surface area contributed by atoms with E-state index in [0.29, 0.717) is 0 Å². The third-order valence-corrected chi connectivity index (χ3v) is 4.24. The summed E-state index contributed by atoms with van der Waals surface area (Å²) in [6.07, 6.45) is 1.84. The van der Waals surface area contributed by atoms with Gasteiger partial charge < -0.3 is 10.6 Å². The van der Waals surface area contributed by atoms with Gasteiger partial charge in [-0.1, -0.05) is 42.3 Å². The lowest BCUT2D eigenvalue weighted by Crippen LogP contribution is -2.46. The van der Waals surface area contributed by atoms with Gasteiger partial charge in [0.05, 0.1) is 6.04 Å². The summed E-state index contributed by atoms with van der Waals surface area (Å²) < 4.78 is 0.998. The first-order valence-electron chi connectivity index (χ1n) is 6.40. The molecule has 0 bridgehead atoms. The predicted octanol–water partition coefficient (Wildman–Crippen LogP) is 3.13. The average Bonchev–Trinajstić information content (AvgIpc) is 2.78. The maximum absolute atomic E-state index is 12.4. The molecule has 1 amide bonds. The highest BCUT2D eigenvalue weighted by molar-refractivity contribution is 9.10. The first-order valence-corrected chi connectivity index (χ1v) is 7.19. The SMILES string of the molecule is CCC(C)C(N)C(=O)N1CCc2ccc(Br)cc21.Cl. The lowest BCUT2D eigenvalue weighted by Gasteiger charge is -2.25. The second kappa shape index (κ2) is 6.73. The van der Waals surface area contributed by atoms with E-state index in [9.17, 15) is 4.79 Å². The predicted molar refractivity (Wildman–Crippen MR) is 84.9 cm³/mol. The third kappa shape index (κ3) is 3.30. The Morgan fingerprint density at radius 1 is 1.53 bits per heavy atom. The van der Waals surface area contributed by atoms with Gasteiger partial charge in [-0.25, -0.2) is 0 Å². The van der Waals surface area contributed by atoms with Crippen molar-refractivity contribution in [3.8, 4) is 0 Å². The summed E-state index contributed by atoms with van der Waals surface area (Å²) in [5.41, 5.74) is 8.28. The fourth-order valence-electron chi connectivity index (χ4n) is 2.26. The molecule has 2 unspecified atom stereocenters. The zero-order chi connectivity index (χ0) is 13.3. The maximum atomic E-state index is 12.4. The standard InChI is InChI=1S/C14H19BrN2O.ClH/c1-3-9(2)13(16)14(18)17-7-6-10-4-5-11(15)8-12(10)17;/h4-5,8-9,13H,3,6-7,16H2,1-2H3;1H. The summed E-state index contributed by atoms with van der Waals surface area (Å²) in [4.78, 5) is 14.2. The van der Waals surface area contributed by atoms with Gasteiger partial charge in [-0.05, 0) is 30.0 Å². The van der Waals surface area contributed by atoms with Gasteiger partial charge in [-0.2, -0.15) is 0 Å². The zero-order valence-electron chi connectivity index (χ0n) is 11.2. The van der Waals surface area contributed by atoms with Crippen molar-refractivity contribution in [2.24, 2.45) is 11.7 Å². The van der Waals surface area contributed by atoms with Gasteiger partial charge in [-0.15, -0.1) is 12.4 Å². The van der Waals surface area contributed by atoms with Crippen molar-refractivity contribution >= 4 is 39.9 Å². The molecule has 0 aliphatic carbocycles. The van der Waals surface area contributed by atoms with Gasteiger partial charge in [-0.3, -0.25) is 4.79 Å². The second-order valence-electron chi connectivity index (χ2n) is 4.92. The van der Waals surface area contributed by atoms with Crippen LogP contribution in [-0.2, 0) is 11.2 Å². The quantitative estimate of drug-likeness (QED) is 0.913. The number of carbonyl (C=O) groups excluding carboxylic acids is 1. The van der Waals surface area contributed by atoms with Crippen LogP contribution in [0, 0.1) is 5.92 Å². The highest BCUT2D eigenvalue weighted by Crippen LogP contribution is 2.31. The van der Waals surface area contributed by atoms with E-state index in [4.69, 9.17) is 5.73 Å². The van der Waals surface area contributed by atoms with Gasteiger partial charge in [0.15, 0.2) is 0 Å². The molecule has 0 fully saturated rings. The first-order chi connectivity index (χ1) is 8.54. The number of carbonyl (C=O) groups is 1. The van der Waals surface area contributed by atoms with Crippen molar-refractivity contribution < 1.29 is 4.79 Å². The molecule has 1 aromatic rings. The van der Waals surface area contributed by atoms with Crippen molar-refractivity contribution in [2.45, 2.75) is 32.7 Å². The summed E-state index contributed by atoms with van der Waals surface area (Å²) >= 11 is 3.45. The molecule has 0 saturated heterocycles. The molecule has 5 heteroatoms. The molecule has 1 aromatic carbocycles. The van der Waals surface area contributed by atoms with E-state index in [2.05, 4.69) is 28.9 Å². The van der Waals surface area contributed by atoms with E-state index in [1.807, 2.05) is 24.0 Å². The molecule has 19 heavy (non-hydrogen) atoms. The fourth-order valence-corrected chi connectivity index (χ4v) is 2.61. The van der Waals surface area contributed by atoms with E-state index in [0.717, 1.165) is 29.5 Å². The van der Waals surface area contributed by atoms with Gasteiger partial charge in [0, 0.05) is 16.7 Å². The van der Waals surface area contributed by atoms with Crippen LogP contribution in [0.4, 0.5) is 5.69 Å². The minimum Gasteiger partial charge on any atom is -0.320 e. The Balaban J connectivity index is 0.00000180. The molecule has 0 aromatic heterocycles. The van der Waals surface area contributed by atoms with Crippen LogP contribution in [-0.4, -0.2) is 18.5 Å². The van der Waals surface area contributed by atoms with Gasteiger partial charge in [0.1, 0.15) is 0 Å². The van der Waals surface area contributed by atoms with Crippen LogP contribution >= 0.6 is 28.3 Å². The average molecular weight is 348 g/mol. The topological polar surface area (TPSA) is 46.3 Å². The minimum absolute atomic E-state index is 0. The smallest absolute Gasteiger partial charge is 0.244 e. The van der Waals surface area contributed by atoms with Gasteiger partial charge in [0.2, 0.25) is 5.91 Å². The van der Waals surface area contributed by atoms with E-state index in [1.54, 1.807) is 0 Å². The fraction of sp³-hybridized carbons (Fsp3) is 0.500. The lowest BCUT2D eigenvalue weighted by atomic mass is 9.99. The maximum Gasteiger partial charge on any atom is 0.244 e. The van der Waals surface area contributed by atoms with E-state index < -0.39 is 6.04 Å². The molecule has 1 aliphatic rings. The van der Waals surface area contributed by atoms with Crippen molar-refractivity contribution in [2.75, 3.05) is 11.4 Å². The van der Waals surface area contributed by atoms with Crippen LogP contribution in [0.5, 0.6) is 0 Å². The monoisotopic (exact) mass is 346 g/mol. The number of nitrogens with two attached hydrogens (primary N) is 1. The Kier molecular flexibility index (Phi) is 5.83. The molecule has 2 rings (SSSR count). The molecule has 0 radical (unpaired) electrons. The van der Waals surface area contributed by atoms with Gasteiger partial charge in [0.25, 0.3) is 0 Å². The number of hydrogen-bond acceptors (Lipinski definition) is 2. The van der Waals surface area contributed by atoms with Crippen molar-refractivity contribution in [1.82, 2.24) is 0 Å². The Morgan fingerprint density at radius 2 is 2.21 bits per heavy atom. The van der Waals surface area contributed by atoms with Crippen LogP contribution in [0.1, 0.15) is 25.8 Å². The third-order valence-electron chi connectivity index (χ3n) is 3.75. The Labute approximate surface area is 129 Å². The summed E-state index contributed by atoms with van der Waals surface area (Å²) in [6, 6.07) is 5.69. The molecule has 3 nitrogen and oxygen atoms in total. The summed E-state index contributed by atoms with van der Waals surface area (Å²) in [6.45, 7) is 4.83. The van der Waals surface area contributed by atoms with Crippen LogP contribution in [0.25, 0.3) is 0 Å². The molecule has 1 aliphatic heterocycles. The zero-order valence-corrected chi connectivity index (χ0v) is 13.6. The lowest BCUT2D eigenvalue weighted by molar-refractivity contribution is -0.120. The number of fused-ring (bicyclic) bond motifs is 1. The Morgan fingerprint density at radius 3 is 2.84 bits per heavy atom. The molecular formula is C14H20BrClN2O. The second-order valence-corrected chi connectivity index (χ2v) is 5.84. The van der Waals surface area contributed by atoms with Crippen molar-refractivity contribution in [1.29, 1.82) is 0 Å². The molecule has 2 N–H and O–H groups in total. The Bertz CT molecular complexity index is 467. The van der Waals surface area contributed by atoms with Crippen LogP contribution in [0.2, 0.25) is 0 Å². The largest absolute Gasteiger partial charge is 0.320 e. The van der Waals surface area contributed by atoms with Crippen molar-refractivity contribution in [3.05, 3.63) is 28.2 Å². The number of amides is 1. The van der Waals surface area contributed by atoms with E-state index in [-0.39, 0.29) is 24.2 Å². The molecule has 1 heterocycles. The van der Waals surface area contributed by atoms with Gasteiger partial charge >= 0.3 is 0 Å². The number of nitrogens with zero attached hydrogens (tertiary/aromatic N) is 1. The summed E-state index contributed by atoms with van der Waals surface area (Å²) in [5.74, 6) is 0.259. The highest BCUT2D eigenvalue weighted by Gasteiger charge is 2.30. The van der Waals surface area contributed by atoms with Crippen LogP contribution in [0.15, 0.2) is 22.7 Å².